The minimum atomic E-state index is -0.734. The highest BCUT2D eigenvalue weighted by Gasteiger charge is 2.25. The molecular formula is C17H18N2O3. The van der Waals surface area contributed by atoms with Gasteiger partial charge in [-0.2, -0.15) is 0 Å². The first kappa shape index (κ1) is 14.4. The van der Waals surface area contributed by atoms with Crippen molar-refractivity contribution in [2.45, 2.75) is 6.10 Å². The van der Waals surface area contributed by atoms with Gasteiger partial charge in [0.25, 0.3) is 5.91 Å². The molecule has 3 rings (SSSR count). The lowest BCUT2D eigenvalue weighted by molar-refractivity contribution is 0.0628. The van der Waals surface area contributed by atoms with Crippen molar-refractivity contribution in [2.75, 3.05) is 25.6 Å². The Labute approximate surface area is 129 Å². The molecule has 1 aliphatic heterocycles. The maximum atomic E-state index is 12.4. The number of carbonyl (C=O) groups excluding carboxylic acids is 1. The van der Waals surface area contributed by atoms with E-state index < -0.39 is 6.10 Å². The van der Waals surface area contributed by atoms with E-state index in [1.54, 1.807) is 42.3 Å². The number of fused-ring (bicyclic) bond motifs is 1. The van der Waals surface area contributed by atoms with Crippen LogP contribution in [0.5, 0.6) is 5.75 Å². The van der Waals surface area contributed by atoms with E-state index in [1.165, 1.54) is 0 Å². The standard InChI is InChI=1S/C17H18N2O3/c1-22-13-8-6-12(7-9-13)16(20)10-19-11-18-15-5-3-2-4-14(15)17(19)21/h2-9,16,18,20H,10-11H2,1H3/t16-/m1/s1. The highest BCUT2D eigenvalue weighted by atomic mass is 16.5. The molecule has 2 aromatic carbocycles. The summed E-state index contributed by atoms with van der Waals surface area (Å²) < 4.78 is 5.10. The zero-order valence-corrected chi connectivity index (χ0v) is 12.3. The Hall–Kier alpha value is -2.53. The Morgan fingerprint density at radius 1 is 1.23 bits per heavy atom. The van der Waals surface area contributed by atoms with Crippen LogP contribution in [-0.2, 0) is 0 Å². The molecule has 2 N–H and O–H groups in total. The third-order valence-electron chi connectivity index (χ3n) is 3.80. The Morgan fingerprint density at radius 3 is 2.68 bits per heavy atom. The molecule has 0 spiro atoms. The predicted octanol–water partition coefficient (Wildman–Crippen LogP) is 2.25. The molecular weight excluding hydrogens is 280 g/mol. The van der Waals surface area contributed by atoms with Gasteiger partial charge in [-0.25, -0.2) is 0 Å². The maximum absolute atomic E-state index is 12.4. The molecule has 0 saturated heterocycles. The van der Waals surface area contributed by atoms with E-state index in [1.807, 2.05) is 18.2 Å². The third-order valence-corrected chi connectivity index (χ3v) is 3.80. The number of β-amino-alcohol motifs (C(OH)–C–C–N with tert-alkyl or cyclic N) is 1. The van der Waals surface area contributed by atoms with Gasteiger partial charge in [-0.05, 0) is 29.8 Å². The highest BCUT2D eigenvalue weighted by molar-refractivity contribution is 6.01. The molecule has 0 radical (unpaired) electrons. The number of carbonyl (C=O) groups is 1. The van der Waals surface area contributed by atoms with Crippen LogP contribution in [0.15, 0.2) is 48.5 Å². The third kappa shape index (κ3) is 2.76. The van der Waals surface area contributed by atoms with Crippen LogP contribution in [0, 0.1) is 0 Å². The number of nitrogens with zero attached hydrogens (tertiary/aromatic N) is 1. The molecule has 22 heavy (non-hydrogen) atoms. The van der Waals surface area contributed by atoms with E-state index in [0.29, 0.717) is 12.2 Å². The number of methoxy groups -OCH3 is 1. The lowest BCUT2D eigenvalue weighted by Crippen LogP contribution is -2.42. The van der Waals surface area contributed by atoms with Crippen LogP contribution in [0.3, 0.4) is 0 Å². The maximum Gasteiger partial charge on any atom is 0.257 e. The molecule has 1 heterocycles. The van der Waals surface area contributed by atoms with Gasteiger partial charge in [0.1, 0.15) is 5.75 Å². The SMILES string of the molecule is COc1ccc([C@H](O)CN2CNc3ccccc3C2=O)cc1. The van der Waals surface area contributed by atoms with Crippen molar-refractivity contribution in [3.8, 4) is 5.75 Å². The molecule has 2 aromatic rings. The number of aliphatic hydroxyl groups excluding tert-OH is 1. The summed E-state index contributed by atoms with van der Waals surface area (Å²) in [6.07, 6.45) is -0.734. The molecule has 5 heteroatoms. The monoisotopic (exact) mass is 298 g/mol. The Kier molecular flexibility index (Phi) is 3.98. The highest BCUT2D eigenvalue weighted by Crippen LogP contribution is 2.24. The van der Waals surface area contributed by atoms with Crippen molar-refractivity contribution in [2.24, 2.45) is 0 Å². The number of rotatable bonds is 4. The van der Waals surface area contributed by atoms with Crippen molar-refractivity contribution < 1.29 is 14.6 Å². The molecule has 0 saturated carbocycles. The number of amides is 1. The number of hydrogen-bond donors (Lipinski definition) is 2. The quantitative estimate of drug-likeness (QED) is 0.909. The fourth-order valence-electron chi connectivity index (χ4n) is 2.53. The number of aliphatic hydroxyl groups is 1. The summed E-state index contributed by atoms with van der Waals surface area (Å²) in [4.78, 5) is 14.0. The topological polar surface area (TPSA) is 61.8 Å². The van der Waals surface area contributed by atoms with E-state index in [9.17, 15) is 9.90 Å². The number of benzene rings is 2. The first-order valence-electron chi connectivity index (χ1n) is 7.13. The van der Waals surface area contributed by atoms with Gasteiger partial charge in [0.05, 0.1) is 32.0 Å². The molecule has 1 atom stereocenters. The Balaban J connectivity index is 1.72. The van der Waals surface area contributed by atoms with Gasteiger partial charge in [-0.15, -0.1) is 0 Å². The van der Waals surface area contributed by atoms with Gasteiger partial charge in [-0.1, -0.05) is 24.3 Å². The minimum Gasteiger partial charge on any atom is -0.497 e. The van der Waals surface area contributed by atoms with Crippen molar-refractivity contribution in [1.82, 2.24) is 4.90 Å². The zero-order chi connectivity index (χ0) is 15.5. The number of anilines is 1. The largest absolute Gasteiger partial charge is 0.497 e. The average molecular weight is 298 g/mol. The molecule has 0 unspecified atom stereocenters. The van der Waals surface area contributed by atoms with Gasteiger partial charge < -0.3 is 20.1 Å². The van der Waals surface area contributed by atoms with Crippen molar-refractivity contribution in [3.05, 3.63) is 59.7 Å². The molecule has 0 aromatic heterocycles. The van der Waals surface area contributed by atoms with Gasteiger partial charge in [-0.3, -0.25) is 4.79 Å². The van der Waals surface area contributed by atoms with Crippen LogP contribution >= 0.6 is 0 Å². The summed E-state index contributed by atoms with van der Waals surface area (Å²) in [6.45, 7) is 0.634. The fourth-order valence-corrected chi connectivity index (χ4v) is 2.53. The summed E-state index contributed by atoms with van der Waals surface area (Å²) >= 11 is 0. The van der Waals surface area contributed by atoms with Gasteiger partial charge in [0, 0.05) is 5.69 Å². The van der Waals surface area contributed by atoms with Crippen molar-refractivity contribution in [1.29, 1.82) is 0 Å². The van der Waals surface area contributed by atoms with Crippen LogP contribution in [0.2, 0.25) is 0 Å². The molecule has 0 aliphatic carbocycles. The lowest BCUT2D eigenvalue weighted by atomic mass is 10.1. The fraction of sp³-hybridized carbons (Fsp3) is 0.235. The first-order valence-corrected chi connectivity index (χ1v) is 7.13. The normalized spacial score (nSPS) is 15.0. The van der Waals surface area contributed by atoms with Crippen LogP contribution in [0.25, 0.3) is 0 Å². The first-order chi connectivity index (χ1) is 10.7. The Morgan fingerprint density at radius 2 is 1.95 bits per heavy atom. The summed E-state index contributed by atoms with van der Waals surface area (Å²) in [5.74, 6) is 0.669. The lowest BCUT2D eigenvalue weighted by Gasteiger charge is -2.31. The van der Waals surface area contributed by atoms with Crippen molar-refractivity contribution >= 4 is 11.6 Å². The van der Waals surface area contributed by atoms with E-state index in [2.05, 4.69) is 5.32 Å². The average Bonchev–Trinajstić information content (AvgIpc) is 2.57. The number of para-hydroxylation sites is 1. The van der Waals surface area contributed by atoms with Gasteiger partial charge in [0.2, 0.25) is 0 Å². The molecule has 114 valence electrons. The van der Waals surface area contributed by atoms with Crippen LogP contribution in [0.1, 0.15) is 22.0 Å². The van der Waals surface area contributed by atoms with Gasteiger partial charge in [0.15, 0.2) is 0 Å². The van der Waals surface area contributed by atoms with Crippen molar-refractivity contribution in [3.63, 3.8) is 0 Å². The number of ether oxygens (including phenoxy) is 1. The zero-order valence-electron chi connectivity index (χ0n) is 12.3. The number of nitrogens with one attached hydrogen (secondary N) is 1. The molecule has 1 amide bonds. The number of hydrogen-bond acceptors (Lipinski definition) is 4. The van der Waals surface area contributed by atoms with Gasteiger partial charge >= 0.3 is 0 Å². The van der Waals surface area contributed by atoms with Crippen LogP contribution < -0.4 is 10.1 Å². The van der Waals surface area contributed by atoms with Crippen LogP contribution in [0.4, 0.5) is 5.69 Å². The summed E-state index contributed by atoms with van der Waals surface area (Å²) in [6, 6.07) is 14.6. The second-order valence-electron chi connectivity index (χ2n) is 5.20. The summed E-state index contributed by atoms with van der Waals surface area (Å²) in [5.41, 5.74) is 2.23. The summed E-state index contributed by atoms with van der Waals surface area (Å²) in [5, 5.41) is 13.5. The summed E-state index contributed by atoms with van der Waals surface area (Å²) in [7, 11) is 1.60. The second-order valence-corrected chi connectivity index (χ2v) is 5.20. The van der Waals surface area contributed by atoms with E-state index in [4.69, 9.17) is 4.74 Å². The van der Waals surface area contributed by atoms with E-state index in [-0.39, 0.29) is 12.5 Å². The van der Waals surface area contributed by atoms with E-state index >= 15 is 0 Å². The Bertz CT molecular complexity index is 670. The smallest absolute Gasteiger partial charge is 0.257 e. The predicted molar refractivity (Wildman–Crippen MR) is 83.9 cm³/mol. The van der Waals surface area contributed by atoms with E-state index in [0.717, 1.165) is 17.0 Å². The van der Waals surface area contributed by atoms with Crippen LogP contribution in [-0.4, -0.2) is 36.2 Å². The molecule has 1 aliphatic rings. The molecule has 0 bridgehead atoms. The molecule has 0 fully saturated rings. The molecule has 5 nitrogen and oxygen atoms in total. The minimum absolute atomic E-state index is 0.0677. The second kappa shape index (κ2) is 6.07.